The predicted octanol–water partition coefficient (Wildman–Crippen LogP) is 1.88. The molecule has 0 radical (unpaired) electrons. The van der Waals surface area contributed by atoms with E-state index in [4.69, 9.17) is 0 Å². The minimum Gasteiger partial charge on any atom is -0.373 e. The second-order valence-corrected chi connectivity index (χ2v) is 4.79. The molecule has 2 N–H and O–H groups in total. The molecule has 0 unspecified atom stereocenters. The number of hydrogen-bond donors (Lipinski definition) is 2. The summed E-state index contributed by atoms with van der Waals surface area (Å²) in [5, 5.41) is 6.49. The maximum atomic E-state index is 4.46. The Morgan fingerprint density at radius 3 is 2.71 bits per heavy atom. The van der Waals surface area contributed by atoms with Gasteiger partial charge in [0.2, 0.25) is 0 Å². The first-order valence-corrected chi connectivity index (χ1v) is 6.35. The van der Waals surface area contributed by atoms with Gasteiger partial charge in [0.15, 0.2) is 0 Å². The van der Waals surface area contributed by atoms with Crippen LogP contribution >= 0.6 is 0 Å². The zero-order valence-corrected chi connectivity index (χ0v) is 10.7. The summed E-state index contributed by atoms with van der Waals surface area (Å²) in [6, 6.07) is 6.02. The van der Waals surface area contributed by atoms with Crippen molar-refractivity contribution in [3.8, 4) is 0 Å². The van der Waals surface area contributed by atoms with Gasteiger partial charge in [-0.15, -0.1) is 0 Å². The monoisotopic (exact) mass is 234 g/mol. The van der Waals surface area contributed by atoms with Crippen LogP contribution in [-0.4, -0.2) is 43.6 Å². The van der Waals surface area contributed by atoms with Crippen LogP contribution in [0.5, 0.6) is 0 Å². The molecule has 0 aliphatic carbocycles. The maximum Gasteiger partial charge on any atom is 0.128 e. The third kappa shape index (κ3) is 3.60. The van der Waals surface area contributed by atoms with E-state index in [1.54, 1.807) is 0 Å². The summed E-state index contributed by atoms with van der Waals surface area (Å²) in [5.74, 6) is 2.67. The number of likely N-dealkylation sites (tertiary alicyclic amines) is 1. The van der Waals surface area contributed by atoms with Gasteiger partial charge in [0.1, 0.15) is 11.6 Å². The van der Waals surface area contributed by atoms with Crippen LogP contribution in [-0.2, 0) is 0 Å². The highest BCUT2D eigenvalue weighted by Gasteiger charge is 2.16. The van der Waals surface area contributed by atoms with Gasteiger partial charge in [0, 0.05) is 13.6 Å². The molecule has 0 saturated carbocycles. The molecule has 1 aliphatic heterocycles. The van der Waals surface area contributed by atoms with Gasteiger partial charge < -0.3 is 15.5 Å². The van der Waals surface area contributed by atoms with Gasteiger partial charge in [-0.2, -0.15) is 0 Å². The van der Waals surface area contributed by atoms with E-state index in [2.05, 4.69) is 27.6 Å². The van der Waals surface area contributed by atoms with Gasteiger partial charge in [-0.25, -0.2) is 4.98 Å². The van der Waals surface area contributed by atoms with Gasteiger partial charge in [-0.3, -0.25) is 0 Å². The first-order valence-electron chi connectivity index (χ1n) is 6.35. The number of anilines is 2. The smallest absolute Gasteiger partial charge is 0.128 e. The Kier molecular flexibility index (Phi) is 4.20. The highest BCUT2D eigenvalue weighted by molar-refractivity contribution is 5.44. The van der Waals surface area contributed by atoms with Gasteiger partial charge in [-0.1, -0.05) is 6.07 Å². The normalized spacial score (nSPS) is 18.0. The van der Waals surface area contributed by atoms with Crippen molar-refractivity contribution in [1.82, 2.24) is 9.88 Å². The summed E-state index contributed by atoms with van der Waals surface area (Å²) < 4.78 is 0. The highest BCUT2D eigenvalue weighted by Crippen LogP contribution is 2.17. The van der Waals surface area contributed by atoms with E-state index in [1.807, 2.05) is 25.2 Å². The molecule has 1 aromatic heterocycles. The summed E-state index contributed by atoms with van der Waals surface area (Å²) in [5.41, 5.74) is 0. The molecule has 4 heteroatoms. The Hall–Kier alpha value is -1.29. The summed E-state index contributed by atoms with van der Waals surface area (Å²) >= 11 is 0. The van der Waals surface area contributed by atoms with Gasteiger partial charge in [-0.05, 0) is 51.0 Å². The van der Waals surface area contributed by atoms with Crippen LogP contribution in [0.3, 0.4) is 0 Å². The van der Waals surface area contributed by atoms with Crippen LogP contribution < -0.4 is 10.6 Å². The maximum absolute atomic E-state index is 4.46. The van der Waals surface area contributed by atoms with Crippen LogP contribution in [0.2, 0.25) is 0 Å². The molecule has 0 aromatic carbocycles. The zero-order chi connectivity index (χ0) is 12.1. The second kappa shape index (κ2) is 5.87. The Balaban J connectivity index is 1.81. The van der Waals surface area contributed by atoms with E-state index in [1.165, 1.54) is 25.9 Å². The van der Waals surface area contributed by atoms with Crippen LogP contribution in [0.1, 0.15) is 12.8 Å². The summed E-state index contributed by atoms with van der Waals surface area (Å²) in [4.78, 5) is 6.86. The Bertz CT molecular complexity index is 345. The highest BCUT2D eigenvalue weighted by atomic mass is 15.1. The average Bonchev–Trinajstić information content (AvgIpc) is 2.38. The van der Waals surface area contributed by atoms with E-state index >= 15 is 0 Å². The van der Waals surface area contributed by atoms with Crippen molar-refractivity contribution in [3.63, 3.8) is 0 Å². The van der Waals surface area contributed by atoms with Crippen molar-refractivity contribution in [2.24, 2.45) is 5.92 Å². The molecule has 4 nitrogen and oxygen atoms in total. The molecule has 1 fully saturated rings. The molecule has 0 atom stereocenters. The fourth-order valence-corrected chi connectivity index (χ4v) is 2.19. The molecular formula is C13H22N4. The molecular weight excluding hydrogens is 212 g/mol. The van der Waals surface area contributed by atoms with Gasteiger partial charge in [0.05, 0.1) is 0 Å². The number of rotatable bonds is 4. The van der Waals surface area contributed by atoms with E-state index in [-0.39, 0.29) is 0 Å². The molecule has 0 amide bonds. The molecule has 0 spiro atoms. The Morgan fingerprint density at radius 2 is 2.00 bits per heavy atom. The topological polar surface area (TPSA) is 40.2 Å². The molecule has 1 aliphatic rings. The minimum absolute atomic E-state index is 0.784. The SMILES string of the molecule is CNc1cccc(NCC2CCN(C)CC2)n1. The van der Waals surface area contributed by atoms with Crippen molar-refractivity contribution in [2.75, 3.05) is 44.4 Å². The number of aromatic nitrogens is 1. The number of hydrogen-bond acceptors (Lipinski definition) is 4. The second-order valence-electron chi connectivity index (χ2n) is 4.79. The lowest BCUT2D eigenvalue weighted by Gasteiger charge is -2.29. The number of nitrogens with one attached hydrogen (secondary N) is 2. The van der Waals surface area contributed by atoms with Crippen LogP contribution in [0.25, 0.3) is 0 Å². The van der Waals surface area contributed by atoms with Gasteiger partial charge >= 0.3 is 0 Å². The number of pyridine rings is 1. The Labute approximate surface area is 103 Å². The minimum atomic E-state index is 0.784. The standard InChI is InChI=1S/C13H22N4/c1-14-12-4-3-5-13(16-12)15-10-11-6-8-17(2)9-7-11/h3-5,11H,6-10H2,1-2H3,(H2,14,15,16). The lowest BCUT2D eigenvalue weighted by atomic mass is 9.97. The van der Waals surface area contributed by atoms with Crippen LogP contribution in [0.4, 0.5) is 11.6 Å². The van der Waals surface area contributed by atoms with Gasteiger partial charge in [0.25, 0.3) is 0 Å². The van der Waals surface area contributed by atoms with Crippen molar-refractivity contribution >= 4 is 11.6 Å². The number of nitrogens with zero attached hydrogens (tertiary/aromatic N) is 2. The molecule has 94 valence electrons. The first kappa shape index (κ1) is 12.2. The van der Waals surface area contributed by atoms with Crippen LogP contribution in [0.15, 0.2) is 18.2 Å². The van der Waals surface area contributed by atoms with Crippen molar-refractivity contribution < 1.29 is 0 Å². The molecule has 1 saturated heterocycles. The van der Waals surface area contributed by atoms with E-state index < -0.39 is 0 Å². The lowest BCUT2D eigenvalue weighted by Crippen LogP contribution is -2.33. The predicted molar refractivity (Wildman–Crippen MR) is 72.5 cm³/mol. The molecule has 1 aromatic rings. The quantitative estimate of drug-likeness (QED) is 0.834. The number of piperidine rings is 1. The lowest BCUT2D eigenvalue weighted by molar-refractivity contribution is 0.226. The third-order valence-corrected chi connectivity index (χ3v) is 3.42. The first-order chi connectivity index (χ1) is 8.28. The zero-order valence-electron chi connectivity index (χ0n) is 10.7. The third-order valence-electron chi connectivity index (χ3n) is 3.42. The van der Waals surface area contributed by atoms with Crippen LogP contribution in [0, 0.1) is 5.92 Å². The van der Waals surface area contributed by atoms with Crippen molar-refractivity contribution in [1.29, 1.82) is 0 Å². The fraction of sp³-hybridized carbons (Fsp3) is 0.615. The average molecular weight is 234 g/mol. The van der Waals surface area contributed by atoms with E-state index in [9.17, 15) is 0 Å². The molecule has 0 bridgehead atoms. The van der Waals surface area contributed by atoms with Crippen molar-refractivity contribution in [2.45, 2.75) is 12.8 Å². The summed E-state index contributed by atoms with van der Waals surface area (Å²) in [6.45, 7) is 3.47. The van der Waals surface area contributed by atoms with E-state index in [0.29, 0.717) is 0 Å². The largest absolute Gasteiger partial charge is 0.373 e. The molecule has 2 rings (SSSR count). The fourth-order valence-electron chi connectivity index (χ4n) is 2.19. The molecule has 2 heterocycles. The summed E-state index contributed by atoms with van der Waals surface area (Å²) in [6.07, 6.45) is 2.57. The molecule has 17 heavy (non-hydrogen) atoms. The summed E-state index contributed by atoms with van der Waals surface area (Å²) in [7, 11) is 4.09. The Morgan fingerprint density at radius 1 is 1.29 bits per heavy atom. The van der Waals surface area contributed by atoms with Crippen molar-refractivity contribution in [3.05, 3.63) is 18.2 Å². The van der Waals surface area contributed by atoms with E-state index in [0.717, 1.165) is 24.1 Å².